The van der Waals surface area contributed by atoms with Crippen molar-refractivity contribution in [1.82, 2.24) is 9.88 Å². The monoisotopic (exact) mass is 560 g/mol. The molecule has 0 radical (unpaired) electrons. The zero-order chi connectivity index (χ0) is 28.9. The van der Waals surface area contributed by atoms with Gasteiger partial charge in [-0.1, -0.05) is 37.5 Å². The molecule has 0 bridgehead atoms. The van der Waals surface area contributed by atoms with Crippen molar-refractivity contribution >= 4 is 23.5 Å². The second-order valence-corrected chi connectivity index (χ2v) is 11.5. The van der Waals surface area contributed by atoms with Crippen LogP contribution in [-0.2, 0) is 14.3 Å². The molecule has 1 saturated carbocycles. The predicted molar refractivity (Wildman–Crippen MR) is 155 cm³/mol. The van der Waals surface area contributed by atoms with Gasteiger partial charge in [-0.2, -0.15) is 0 Å². The molecule has 41 heavy (non-hydrogen) atoms. The summed E-state index contributed by atoms with van der Waals surface area (Å²) in [5, 5.41) is 32.2. The number of likely N-dealkylation sites (tertiary alicyclic amines) is 1. The predicted octanol–water partition coefficient (Wildman–Crippen LogP) is 4.36. The Kier molecular flexibility index (Phi) is 9.32. The third-order valence-corrected chi connectivity index (χ3v) is 8.92. The number of hydrogen-bond donors (Lipinski definition) is 3. The van der Waals surface area contributed by atoms with E-state index in [1.54, 1.807) is 31.5 Å². The molecule has 1 aromatic carbocycles. The van der Waals surface area contributed by atoms with Gasteiger partial charge in [0.15, 0.2) is 0 Å². The SMILES string of the molecule is COCC1=C([C@H](O)CC/C(=C/c2cccc(O)c2)c2ccccn2)[C@H](CO)[C@@H]2C(=O)N(C3CCCCC3)C(=O)[C@@H]2C1. The molecule has 0 unspecified atom stereocenters. The van der Waals surface area contributed by atoms with Gasteiger partial charge < -0.3 is 20.1 Å². The van der Waals surface area contributed by atoms with Crippen molar-refractivity contribution in [3.63, 3.8) is 0 Å². The van der Waals surface area contributed by atoms with E-state index in [0.717, 1.165) is 54.5 Å². The van der Waals surface area contributed by atoms with Crippen LogP contribution >= 0.6 is 0 Å². The molecule has 5 rings (SSSR count). The normalized spacial score (nSPS) is 24.6. The summed E-state index contributed by atoms with van der Waals surface area (Å²) in [6, 6.07) is 12.5. The molecule has 3 N–H and O–H groups in total. The van der Waals surface area contributed by atoms with Crippen LogP contribution in [0.1, 0.15) is 62.6 Å². The third-order valence-electron chi connectivity index (χ3n) is 8.92. The number of pyridine rings is 1. The van der Waals surface area contributed by atoms with Gasteiger partial charge in [0.1, 0.15) is 5.75 Å². The number of allylic oxidation sites excluding steroid dienone is 1. The molecule has 1 aliphatic heterocycles. The van der Waals surface area contributed by atoms with Crippen LogP contribution in [0.4, 0.5) is 0 Å². The van der Waals surface area contributed by atoms with Gasteiger partial charge in [-0.25, -0.2) is 0 Å². The molecular formula is C33H40N2O6. The Morgan fingerprint density at radius 2 is 1.93 bits per heavy atom. The number of aromatic hydroxyl groups is 1. The fraction of sp³-hybridized carbons (Fsp3) is 0.485. The largest absolute Gasteiger partial charge is 0.508 e. The van der Waals surface area contributed by atoms with Gasteiger partial charge in [0.25, 0.3) is 0 Å². The summed E-state index contributed by atoms with van der Waals surface area (Å²) in [7, 11) is 1.57. The lowest BCUT2D eigenvalue weighted by molar-refractivity contribution is -0.143. The maximum Gasteiger partial charge on any atom is 0.234 e. The molecule has 2 aliphatic carbocycles. The van der Waals surface area contributed by atoms with Crippen molar-refractivity contribution in [2.75, 3.05) is 20.3 Å². The Bertz CT molecular complexity index is 1300. The number of carbonyl (C=O) groups is 2. The van der Waals surface area contributed by atoms with Crippen LogP contribution in [-0.4, -0.2) is 69.5 Å². The Hall–Kier alpha value is -3.33. The maximum atomic E-state index is 13.8. The van der Waals surface area contributed by atoms with Gasteiger partial charge in [-0.05, 0) is 84.7 Å². The number of aliphatic hydroxyl groups excluding tert-OH is 2. The highest BCUT2D eigenvalue weighted by atomic mass is 16.5. The number of ether oxygens (including phenoxy) is 1. The molecule has 3 aliphatic rings. The number of methoxy groups -OCH3 is 1. The van der Waals surface area contributed by atoms with Crippen LogP contribution in [0, 0.1) is 17.8 Å². The van der Waals surface area contributed by atoms with Crippen molar-refractivity contribution in [2.24, 2.45) is 17.8 Å². The zero-order valence-corrected chi connectivity index (χ0v) is 23.6. The Morgan fingerprint density at radius 3 is 2.61 bits per heavy atom. The van der Waals surface area contributed by atoms with Crippen molar-refractivity contribution in [2.45, 2.75) is 63.5 Å². The van der Waals surface area contributed by atoms with Gasteiger partial charge >= 0.3 is 0 Å². The fourth-order valence-corrected chi connectivity index (χ4v) is 7.08. The summed E-state index contributed by atoms with van der Waals surface area (Å²) in [5.74, 6) is -2.03. The molecular weight excluding hydrogens is 520 g/mol. The first-order valence-corrected chi connectivity index (χ1v) is 14.7. The topological polar surface area (TPSA) is 120 Å². The van der Waals surface area contributed by atoms with Crippen molar-refractivity contribution in [3.05, 3.63) is 71.1 Å². The average Bonchev–Trinajstić information content (AvgIpc) is 3.24. The molecule has 8 heteroatoms. The molecule has 2 heterocycles. The summed E-state index contributed by atoms with van der Waals surface area (Å²) in [4.78, 5) is 33.3. The first-order chi connectivity index (χ1) is 19.9. The Morgan fingerprint density at radius 1 is 1.12 bits per heavy atom. The number of phenolic OH excluding ortho intramolecular Hbond substituents is 1. The smallest absolute Gasteiger partial charge is 0.234 e. The average molecular weight is 561 g/mol. The van der Waals surface area contributed by atoms with Gasteiger partial charge in [0, 0.05) is 25.3 Å². The molecule has 8 nitrogen and oxygen atoms in total. The number of aromatic nitrogens is 1. The minimum Gasteiger partial charge on any atom is -0.508 e. The van der Waals surface area contributed by atoms with Crippen molar-refractivity contribution < 1.29 is 29.6 Å². The quantitative estimate of drug-likeness (QED) is 0.292. The maximum absolute atomic E-state index is 13.8. The molecule has 2 aromatic rings. The molecule has 2 amide bonds. The van der Waals surface area contributed by atoms with E-state index >= 15 is 0 Å². The van der Waals surface area contributed by atoms with E-state index in [-0.39, 0.29) is 36.8 Å². The highest BCUT2D eigenvalue weighted by molar-refractivity contribution is 6.06. The van der Waals surface area contributed by atoms with Crippen molar-refractivity contribution in [1.29, 1.82) is 0 Å². The van der Waals surface area contributed by atoms with E-state index in [4.69, 9.17) is 4.74 Å². The highest BCUT2D eigenvalue weighted by Gasteiger charge is 2.56. The summed E-state index contributed by atoms with van der Waals surface area (Å²) in [5.41, 5.74) is 3.87. The number of benzene rings is 1. The number of aliphatic hydroxyl groups is 2. The van der Waals surface area contributed by atoms with E-state index in [0.29, 0.717) is 24.8 Å². The third kappa shape index (κ3) is 6.15. The molecule has 1 saturated heterocycles. The number of phenols is 1. The Labute approximate surface area is 241 Å². The summed E-state index contributed by atoms with van der Waals surface area (Å²) >= 11 is 0. The second-order valence-electron chi connectivity index (χ2n) is 11.5. The lowest BCUT2D eigenvalue weighted by Crippen LogP contribution is -2.42. The number of fused-ring (bicyclic) bond motifs is 1. The fourth-order valence-electron chi connectivity index (χ4n) is 7.08. The summed E-state index contributed by atoms with van der Waals surface area (Å²) in [6.07, 6.45) is 8.64. The number of imide groups is 1. The number of carbonyl (C=O) groups excluding carboxylic acids is 2. The molecule has 2 fully saturated rings. The number of nitrogens with zero attached hydrogens (tertiary/aromatic N) is 2. The first-order valence-electron chi connectivity index (χ1n) is 14.7. The Balaban J connectivity index is 1.42. The number of rotatable bonds is 10. The molecule has 4 atom stereocenters. The van der Waals surface area contributed by atoms with Crippen molar-refractivity contribution in [3.8, 4) is 5.75 Å². The molecule has 0 spiro atoms. The van der Waals surface area contributed by atoms with Crippen LogP contribution in [0.5, 0.6) is 5.75 Å². The van der Waals surface area contributed by atoms with Gasteiger partial charge in [-0.3, -0.25) is 19.5 Å². The van der Waals surface area contributed by atoms with E-state index in [1.807, 2.05) is 30.3 Å². The van der Waals surface area contributed by atoms with Gasteiger partial charge in [0.2, 0.25) is 11.8 Å². The van der Waals surface area contributed by atoms with E-state index in [1.165, 1.54) is 4.90 Å². The van der Waals surface area contributed by atoms with Crippen LogP contribution in [0.3, 0.4) is 0 Å². The van der Waals surface area contributed by atoms with E-state index in [9.17, 15) is 24.9 Å². The molecule has 1 aromatic heterocycles. The lowest BCUT2D eigenvalue weighted by Gasteiger charge is -2.36. The minimum atomic E-state index is -0.943. The van der Waals surface area contributed by atoms with Crippen LogP contribution in [0.15, 0.2) is 59.8 Å². The van der Waals surface area contributed by atoms with Crippen LogP contribution in [0.25, 0.3) is 11.6 Å². The second kappa shape index (κ2) is 13.1. The zero-order valence-electron chi connectivity index (χ0n) is 23.6. The first kappa shape index (κ1) is 29.2. The molecule has 218 valence electrons. The van der Waals surface area contributed by atoms with Gasteiger partial charge in [0.05, 0.1) is 36.8 Å². The van der Waals surface area contributed by atoms with E-state index in [2.05, 4.69) is 4.98 Å². The van der Waals surface area contributed by atoms with Crippen LogP contribution < -0.4 is 0 Å². The lowest BCUT2D eigenvalue weighted by atomic mass is 9.68. The summed E-state index contributed by atoms with van der Waals surface area (Å²) < 4.78 is 5.49. The standard InChI is InChI=1S/C33H40N2O6/c1-41-20-23-18-26-31(33(40)35(32(26)39)24-9-3-2-4-10-24)27(19-36)30(23)29(38)14-13-22(28-12-5-6-15-34-28)16-21-8-7-11-25(37)17-21/h5-8,11-12,15-17,24,26-27,29,31,36-38H,2-4,9-10,13-14,18-20H2,1H3/b22-16-/t26-,27+,29-,31-/m1/s1. The highest BCUT2D eigenvalue weighted by Crippen LogP contribution is 2.47. The summed E-state index contributed by atoms with van der Waals surface area (Å²) in [6.45, 7) is -0.103. The minimum absolute atomic E-state index is 0.0727. The number of amides is 2. The number of hydrogen-bond acceptors (Lipinski definition) is 7. The van der Waals surface area contributed by atoms with E-state index < -0.39 is 23.9 Å². The van der Waals surface area contributed by atoms with Gasteiger partial charge in [-0.15, -0.1) is 0 Å². The van der Waals surface area contributed by atoms with Crippen LogP contribution in [0.2, 0.25) is 0 Å².